The Morgan fingerprint density at radius 3 is 2.64 bits per heavy atom. The van der Waals surface area contributed by atoms with E-state index in [1.807, 2.05) is 12.1 Å². The molecule has 1 atom stereocenters. The Bertz CT molecular complexity index is 855. The number of likely N-dealkylation sites (N-methyl/N-ethyl adjacent to an activating group) is 1. The number of hydrogen-bond acceptors (Lipinski definition) is 5. The molecule has 28 heavy (non-hydrogen) atoms. The standard InChI is InChI=1S/C20H24ClN3O3S/c1-24-9-6-13-2-3-15(12-14(13)7-10-24)22-19(26)16(8-11-25)23-20(27)17-4-5-18(21)28-17/h2-5,12,16,25H,6-11H2,1H3,(H,22,26)(H,23,27). The number of hydrogen-bond donors (Lipinski definition) is 3. The molecule has 1 aliphatic rings. The van der Waals surface area contributed by atoms with Crippen molar-refractivity contribution < 1.29 is 14.7 Å². The molecule has 1 aromatic carbocycles. The fraction of sp³-hybridized carbons (Fsp3) is 0.400. The molecule has 8 heteroatoms. The van der Waals surface area contributed by atoms with Crippen molar-refractivity contribution in [3.05, 3.63) is 50.7 Å². The number of carbonyl (C=O) groups excluding carboxylic acids is 2. The second kappa shape index (κ2) is 9.52. The first kappa shape index (κ1) is 20.8. The lowest BCUT2D eigenvalue weighted by atomic mass is 10.0. The molecule has 1 aromatic heterocycles. The van der Waals surface area contributed by atoms with Crippen LogP contribution >= 0.6 is 22.9 Å². The molecule has 150 valence electrons. The maximum Gasteiger partial charge on any atom is 0.262 e. The average Bonchev–Trinajstić information content (AvgIpc) is 3.02. The van der Waals surface area contributed by atoms with Crippen molar-refractivity contribution in [2.45, 2.75) is 25.3 Å². The van der Waals surface area contributed by atoms with Gasteiger partial charge in [-0.05, 0) is 61.7 Å². The van der Waals surface area contributed by atoms with Crippen molar-refractivity contribution in [3.8, 4) is 0 Å². The highest BCUT2D eigenvalue weighted by molar-refractivity contribution is 7.18. The minimum Gasteiger partial charge on any atom is -0.396 e. The van der Waals surface area contributed by atoms with Gasteiger partial charge < -0.3 is 20.6 Å². The van der Waals surface area contributed by atoms with Crippen LogP contribution in [0.1, 0.15) is 27.2 Å². The normalized spacial score (nSPS) is 15.4. The van der Waals surface area contributed by atoms with Crippen LogP contribution in [0.3, 0.4) is 0 Å². The zero-order valence-corrected chi connectivity index (χ0v) is 17.3. The van der Waals surface area contributed by atoms with Gasteiger partial charge in [0, 0.05) is 25.4 Å². The molecule has 0 fully saturated rings. The first-order chi connectivity index (χ1) is 13.5. The number of thiophene rings is 1. The largest absolute Gasteiger partial charge is 0.396 e. The van der Waals surface area contributed by atoms with Crippen LogP contribution in [-0.4, -0.2) is 54.6 Å². The van der Waals surface area contributed by atoms with E-state index in [0.29, 0.717) is 14.9 Å². The smallest absolute Gasteiger partial charge is 0.262 e. The number of halogens is 1. The molecule has 0 radical (unpaired) electrons. The van der Waals surface area contributed by atoms with E-state index >= 15 is 0 Å². The molecule has 3 N–H and O–H groups in total. The summed E-state index contributed by atoms with van der Waals surface area (Å²) in [4.78, 5) is 27.7. The van der Waals surface area contributed by atoms with E-state index in [1.165, 1.54) is 11.1 Å². The van der Waals surface area contributed by atoms with Gasteiger partial charge in [0.1, 0.15) is 6.04 Å². The van der Waals surface area contributed by atoms with E-state index in [9.17, 15) is 14.7 Å². The molecular weight excluding hydrogens is 398 g/mol. The number of amides is 2. The highest BCUT2D eigenvalue weighted by Crippen LogP contribution is 2.22. The van der Waals surface area contributed by atoms with E-state index in [0.717, 1.165) is 37.3 Å². The van der Waals surface area contributed by atoms with Gasteiger partial charge in [-0.1, -0.05) is 17.7 Å². The van der Waals surface area contributed by atoms with Crippen LogP contribution in [0, 0.1) is 0 Å². The van der Waals surface area contributed by atoms with Gasteiger partial charge in [0.25, 0.3) is 5.91 Å². The molecule has 2 amide bonds. The van der Waals surface area contributed by atoms with Crippen LogP contribution < -0.4 is 10.6 Å². The molecule has 0 spiro atoms. The summed E-state index contributed by atoms with van der Waals surface area (Å²) in [6.07, 6.45) is 2.06. The van der Waals surface area contributed by atoms with Crippen LogP contribution in [0.4, 0.5) is 5.69 Å². The minimum absolute atomic E-state index is 0.131. The average molecular weight is 422 g/mol. The summed E-state index contributed by atoms with van der Waals surface area (Å²) < 4.78 is 0.504. The van der Waals surface area contributed by atoms with E-state index in [1.54, 1.807) is 12.1 Å². The number of rotatable bonds is 6. The Morgan fingerprint density at radius 1 is 1.21 bits per heavy atom. The second-order valence-corrected chi connectivity index (χ2v) is 8.63. The molecule has 2 aromatic rings. The van der Waals surface area contributed by atoms with E-state index in [4.69, 9.17) is 11.6 Å². The van der Waals surface area contributed by atoms with Crippen LogP contribution in [0.15, 0.2) is 30.3 Å². The molecule has 1 aliphatic heterocycles. The topological polar surface area (TPSA) is 81.7 Å². The van der Waals surface area contributed by atoms with Crippen LogP contribution in [0.2, 0.25) is 4.34 Å². The minimum atomic E-state index is -0.830. The van der Waals surface area contributed by atoms with Crippen molar-refractivity contribution in [2.75, 3.05) is 32.1 Å². The summed E-state index contributed by atoms with van der Waals surface area (Å²) in [5, 5.41) is 14.8. The van der Waals surface area contributed by atoms with Gasteiger partial charge in [0.15, 0.2) is 0 Å². The zero-order chi connectivity index (χ0) is 20.1. The molecule has 1 unspecified atom stereocenters. The molecule has 0 aliphatic carbocycles. The van der Waals surface area contributed by atoms with Gasteiger partial charge in [-0.2, -0.15) is 0 Å². The Morgan fingerprint density at radius 2 is 1.96 bits per heavy atom. The number of anilines is 1. The lowest BCUT2D eigenvalue weighted by Crippen LogP contribution is -2.44. The molecule has 6 nitrogen and oxygen atoms in total. The van der Waals surface area contributed by atoms with Crippen LogP contribution in [-0.2, 0) is 17.6 Å². The van der Waals surface area contributed by atoms with E-state index < -0.39 is 6.04 Å². The lowest BCUT2D eigenvalue weighted by molar-refractivity contribution is -0.118. The number of benzene rings is 1. The summed E-state index contributed by atoms with van der Waals surface area (Å²) in [6.45, 7) is 1.80. The van der Waals surface area contributed by atoms with Crippen molar-refractivity contribution >= 4 is 40.4 Å². The third kappa shape index (κ3) is 5.32. The van der Waals surface area contributed by atoms with Gasteiger partial charge in [-0.25, -0.2) is 0 Å². The lowest BCUT2D eigenvalue weighted by Gasteiger charge is -2.18. The van der Waals surface area contributed by atoms with Crippen molar-refractivity contribution in [2.24, 2.45) is 0 Å². The Labute approximate surface area is 173 Å². The SMILES string of the molecule is CN1CCc2ccc(NC(=O)C(CCO)NC(=O)c3ccc(Cl)s3)cc2CC1. The van der Waals surface area contributed by atoms with Gasteiger partial charge in [0.2, 0.25) is 5.91 Å². The highest BCUT2D eigenvalue weighted by Gasteiger charge is 2.22. The number of aliphatic hydroxyl groups excluding tert-OH is 1. The Balaban J connectivity index is 1.68. The van der Waals surface area contributed by atoms with E-state index in [-0.39, 0.29) is 24.8 Å². The maximum atomic E-state index is 12.7. The third-order valence-electron chi connectivity index (χ3n) is 4.84. The zero-order valence-electron chi connectivity index (χ0n) is 15.7. The summed E-state index contributed by atoms with van der Waals surface area (Å²) >= 11 is 7.01. The molecule has 0 bridgehead atoms. The maximum absolute atomic E-state index is 12.7. The fourth-order valence-corrected chi connectivity index (χ4v) is 4.15. The van der Waals surface area contributed by atoms with Crippen molar-refractivity contribution in [1.82, 2.24) is 10.2 Å². The van der Waals surface area contributed by atoms with Crippen LogP contribution in [0.25, 0.3) is 0 Å². The molecule has 0 saturated heterocycles. The number of carbonyl (C=O) groups is 2. The number of aliphatic hydroxyl groups is 1. The summed E-state index contributed by atoms with van der Waals surface area (Å²) in [5.41, 5.74) is 3.24. The molecule has 2 heterocycles. The number of fused-ring (bicyclic) bond motifs is 1. The first-order valence-corrected chi connectivity index (χ1v) is 10.4. The molecule has 3 rings (SSSR count). The van der Waals surface area contributed by atoms with Gasteiger partial charge in [0.05, 0.1) is 9.21 Å². The Hall–Kier alpha value is -1.93. The molecular formula is C20H24ClN3O3S. The Kier molecular flexibility index (Phi) is 7.07. The predicted molar refractivity (Wildman–Crippen MR) is 112 cm³/mol. The van der Waals surface area contributed by atoms with Crippen molar-refractivity contribution in [3.63, 3.8) is 0 Å². The summed E-state index contributed by atoms with van der Waals surface area (Å²) in [5.74, 6) is -0.730. The van der Waals surface area contributed by atoms with Crippen molar-refractivity contribution in [1.29, 1.82) is 0 Å². The van der Waals surface area contributed by atoms with Gasteiger partial charge in [-0.3, -0.25) is 9.59 Å². The third-order valence-corrected chi connectivity index (χ3v) is 6.07. The van der Waals surface area contributed by atoms with Gasteiger partial charge >= 0.3 is 0 Å². The fourth-order valence-electron chi connectivity index (χ4n) is 3.21. The predicted octanol–water partition coefficient (Wildman–Crippen LogP) is 2.55. The molecule has 0 saturated carbocycles. The van der Waals surface area contributed by atoms with E-state index in [2.05, 4.69) is 28.6 Å². The summed E-state index contributed by atoms with van der Waals surface area (Å²) in [6, 6.07) is 8.36. The monoisotopic (exact) mass is 421 g/mol. The second-order valence-electron chi connectivity index (χ2n) is 6.92. The number of nitrogens with zero attached hydrogens (tertiary/aromatic N) is 1. The van der Waals surface area contributed by atoms with Gasteiger partial charge in [-0.15, -0.1) is 11.3 Å². The van der Waals surface area contributed by atoms with Crippen LogP contribution in [0.5, 0.6) is 0 Å². The summed E-state index contributed by atoms with van der Waals surface area (Å²) in [7, 11) is 2.11. The quantitative estimate of drug-likeness (QED) is 0.669. The first-order valence-electron chi connectivity index (χ1n) is 9.24. The number of nitrogens with one attached hydrogen (secondary N) is 2. The highest BCUT2D eigenvalue weighted by atomic mass is 35.5.